The Hall–Kier alpha value is -0.660. The van der Waals surface area contributed by atoms with Gasteiger partial charge in [-0.2, -0.15) is 0 Å². The van der Waals surface area contributed by atoms with Crippen molar-refractivity contribution in [1.29, 1.82) is 0 Å². The van der Waals surface area contributed by atoms with Crippen LogP contribution in [0.15, 0.2) is 0 Å². The molecular formula is C11H21NO5S. The zero-order valence-corrected chi connectivity index (χ0v) is 11.8. The van der Waals surface area contributed by atoms with E-state index < -0.39 is 27.4 Å². The summed E-state index contributed by atoms with van der Waals surface area (Å²) in [6.45, 7) is 5.61. The van der Waals surface area contributed by atoms with Crippen LogP contribution in [0.5, 0.6) is 0 Å². The van der Waals surface area contributed by atoms with Crippen LogP contribution in [0.25, 0.3) is 0 Å². The Balaban J connectivity index is 2.70. The lowest BCUT2D eigenvalue weighted by Crippen LogP contribution is -2.50. The maximum Gasteiger partial charge on any atom is 0.322 e. The van der Waals surface area contributed by atoms with Gasteiger partial charge in [-0.05, 0) is 18.3 Å². The molecule has 7 heteroatoms. The van der Waals surface area contributed by atoms with Gasteiger partial charge in [0.25, 0.3) is 0 Å². The molecule has 18 heavy (non-hydrogen) atoms. The summed E-state index contributed by atoms with van der Waals surface area (Å²) in [5.74, 6) is -1.34. The summed E-state index contributed by atoms with van der Waals surface area (Å²) in [5, 5.41) is 9.07. The third-order valence-corrected chi connectivity index (χ3v) is 4.25. The van der Waals surface area contributed by atoms with E-state index >= 15 is 0 Å². The predicted octanol–water partition coefficient (Wildman–Crippen LogP) is 0.584. The van der Waals surface area contributed by atoms with E-state index in [0.717, 1.165) is 6.42 Å². The van der Waals surface area contributed by atoms with Crippen LogP contribution in [-0.2, 0) is 19.6 Å². The van der Waals surface area contributed by atoms with Crippen LogP contribution in [-0.4, -0.2) is 44.0 Å². The van der Waals surface area contributed by atoms with E-state index in [4.69, 9.17) is 9.84 Å². The zero-order chi connectivity index (χ0) is 14.0. The minimum absolute atomic E-state index is 0.174. The first kappa shape index (κ1) is 15.4. The standard InChI is InChI=1S/C11H21NO5S/c1-11(2,3)9(10(13)14)12-18(15,16)7-8-5-4-6-17-8/h8-9,12H,4-7H2,1-3H3,(H,13,14)/t8?,9-/m0/s1. The van der Waals surface area contributed by atoms with Gasteiger partial charge in [0.2, 0.25) is 10.0 Å². The molecule has 0 amide bonds. The molecule has 1 saturated heterocycles. The van der Waals surface area contributed by atoms with E-state index in [1.54, 1.807) is 20.8 Å². The summed E-state index contributed by atoms with van der Waals surface area (Å²) < 4.78 is 31.3. The molecule has 0 radical (unpaired) electrons. The van der Waals surface area contributed by atoms with Crippen LogP contribution >= 0.6 is 0 Å². The van der Waals surface area contributed by atoms with Gasteiger partial charge < -0.3 is 9.84 Å². The molecule has 0 saturated carbocycles. The molecule has 1 heterocycles. The largest absolute Gasteiger partial charge is 0.480 e. The molecule has 0 aromatic rings. The molecule has 0 aliphatic carbocycles. The van der Waals surface area contributed by atoms with Crippen molar-refractivity contribution in [1.82, 2.24) is 4.72 Å². The number of ether oxygens (including phenoxy) is 1. The molecule has 2 atom stereocenters. The number of carboxylic acids is 1. The third kappa shape index (κ3) is 4.55. The molecule has 6 nitrogen and oxygen atoms in total. The highest BCUT2D eigenvalue weighted by Crippen LogP contribution is 2.21. The molecule has 2 N–H and O–H groups in total. The van der Waals surface area contributed by atoms with Gasteiger partial charge >= 0.3 is 5.97 Å². The number of nitrogens with one attached hydrogen (secondary N) is 1. The number of aliphatic carboxylic acids is 1. The summed E-state index contributed by atoms with van der Waals surface area (Å²) in [6, 6.07) is -1.14. The normalized spacial score (nSPS) is 22.9. The Morgan fingerprint density at radius 1 is 1.50 bits per heavy atom. The average molecular weight is 279 g/mol. The fourth-order valence-corrected chi connectivity index (χ4v) is 3.51. The van der Waals surface area contributed by atoms with Gasteiger partial charge in [-0.15, -0.1) is 0 Å². The lowest BCUT2D eigenvalue weighted by molar-refractivity contribution is -0.141. The topological polar surface area (TPSA) is 92.7 Å². The Bertz CT molecular complexity index is 392. The molecule has 1 fully saturated rings. The molecule has 0 aromatic heterocycles. The maximum absolute atomic E-state index is 11.9. The smallest absolute Gasteiger partial charge is 0.322 e. The zero-order valence-electron chi connectivity index (χ0n) is 11.0. The number of hydrogen-bond acceptors (Lipinski definition) is 4. The fourth-order valence-electron chi connectivity index (χ4n) is 1.85. The average Bonchev–Trinajstić information content (AvgIpc) is 2.64. The van der Waals surface area contributed by atoms with E-state index in [1.807, 2.05) is 0 Å². The van der Waals surface area contributed by atoms with E-state index in [-0.39, 0.29) is 11.9 Å². The number of rotatable bonds is 5. The molecule has 1 aliphatic rings. The molecule has 0 bridgehead atoms. The molecule has 1 rings (SSSR count). The number of carbonyl (C=O) groups is 1. The van der Waals surface area contributed by atoms with Gasteiger partial charge in [-0.3, -0.25) is 4.79 Å². The summed E-state index contributed by atoms with van der Waals surface area (Å²) in [5.41, 5.74) is -0.685. The second-order valence-electron chi connectivity index (χ2n) is 5.67. The van der Waals surface area contributed by atoms with E-state index in [9.17, 15) is 13.2 Å². The van der Waals surface area contributed by atoms with Gasteiger partial charge in [0.15, 0.2) is 0 Å². The van der Waals surface area contributed by atoms with E-state index in [0.29, 0.717) is 13.0 Å². The highest BCUT2D eigenvalue weighted by Gasteiger charge is 2.35. The monoisotopic (exact) mass is 279 g/mol. The minimum Gasteiger partial charge on any atom is -0.480 e. The van der Waals surface area contributed by atoms with Crippen molar-refractivity contribution in [2.45, 2.75) is 45.8 Å². The van der Waals surface area contributed by atoms with Gasteiger partial charge in [-0.1, -0.05) is 20.8 Å². The third-order valence-electron chi connectivity index (χ3n) is 2.84. The quantitative estimate of drug-likeness (QED) is 0.768. The van der Waals surface area contributed by atoms with Gasteiger partial charge in [0.05, 0.1) is 11.9 Å². The number of sulfonamides is 1. The number of hydrogen-bond donors (Lipinski definition) is 2. The molecule has 1 aliphatic heterocycles. The molecule has 1 unspecified atom stereocenters. The van der Waals surface area contributed by atoms with Crippen molar-refractivity contribution >= 4 is 16.0 Å². The summed E-state index contributed by atoms with van der Waals surface area (Å²) >= 11 is 0. The second-order valence-corrected chi connectivity index (χ2v) is 7.47. The van der Waals surface area contributed by atoms with Crippen molar-refractivity contribution in [3.05, 3.63) is 0 Å². The second kappa shape index (κ2) is 5.54. The highest BCUT2D eigenvalue weighted by molar-refractivity contribution is 7.89. The summed E-state index contributed by atoms with van der Waals surface area (Å²) in [6.07, 6.45) is 1.23. The molecular weight excluding hydrogens is 258 g/mol. The van der Waals surface area contributed by atoms with Crippen LogP contribution < -0.4 is 4.72 Å². The number of carboxylic acid groups (broad SMARTS) is 1. The first-order valence-electron chi connectivity index (χ1n) is 5.96. The van der Waals surface area contributed by atoms with Crippen LogP contribution in [0.1, 0.15) is 33.6 Å². The lowest BCUT2D eigenvalue weighted by atomic mass is 9.88. The van der Waals surface area contributed by atoms with Crippen LogP contribution in [0.4, 0.5) is 0 Å². The summed E-state index contributed by atoms with van der Waals surface area (Å²) in [4.78, 5) is 11.1. The highest BCUT2D eigenvalue weighted by atomic mass is 32.2. The van der Waals surface area contributed by atoms with Gasteiger partial charge in [-0.25, -0.2) is 13.1 Å². The van der Waals surface area contributed by atoms with E-state index in [1.165, 1.54) is 0 Å². The van der Waals surface area contributed by atoms with Crippen molar-refractivity contribution in [3.8, 4) is 0 Å². The Morgan fingerprint density at radius 2 is 2.11 bits per heavy atom. The summed E-state index contributed by atoms with van der Waals surface area (Å²) in [7, 11) is -3.65. The minimum atomic E-state index is -3.65. The molecule has 0 spiro atoms. The van der Waals surface area contributed by atoms with Crippen LogP contribution in [0.2, 0.25) is 0 Å². The Kier molecular flexibility index (Phi) is 4.74. The van der Waals surface area contributed by atoms with Crippen molar-refractivity contribution < 1.29 is 23.1 Å². The van der Waals surface area contributed by atoms with Crippen molar-refractivity contribution in [2.75, 3.05) is 12.4 Å². The van der Waals surface area contributed by atoms with Crippen molar-refractivity contribution in [2.24, 2.45) is 5.41 Å². The van der Waals surface area contributed by atoms with Crippen molar-refractivity contribution in [3.63, 3.8) is 0 Å². The fraction of sp³-hybridized carbons (Fsp3) is 0.909. The van der Waals surface area contributed by atoms with Gasteiger partial charge in [0, 0.05) is 6.61 Å². The maximum atomic E-state index is 11.9. The van der Waals surface area contributed by atoms with E-state index in [2.05, 4.69) is 4.72 Å². The first-order chi connectivity index (χ1) is 8.12. The van der Waals surface area contributed by atoms with Gasteiger partial charge in [0.1, 0.15) is 6.04 Å². The SMILES string of the molecule is CC(C)(C)[C@@H](NS(=O)(=O)CC1CCCO1)C(=O)O. The lowest BCUT2D eigenvalue weighted by Gasteiger charge is -2.27. The predicted molar refractivity (Wildman–Crippen MR) is 66.8 cm³/mol. The Labute approximate surface area is 108 Å². The first-order valence-corrected chi connectivity index (χ1v) is 7.61. The van der Waals surface area contributed by atoms with Crippen LogP contribution in [0, 0.1) is 5.41 Å². The molecule has 106 valence electrons. The van der Waals surface area contributed by atoms with Crippen LogP contribution in [0.3, 0.4) is 0 Å². The molecule has 0 aromatic carbocycles. The Morgan fingerprint density at radius 3 is 2.50 bits per heavy atom.